The number of esters is 1. The molecule has 1 aromatic rings. The second-order valence-electron chi connectivity index (χ2n) is 15.1. The van der Waals surface area contributed by atoms with Gasteiger partial charge in [0.15, 0.2) is 8.32 Å². The number of fused-ring (bicyclic) bond motifs is 1. The molecule has 2 heterocycles. The molecule has 2 aliphatic heterocycles. The summed E-state index contributed by atoms with van der Waals surface area (Å²) in [5.74, 6) is 6.49. The van der Waals surface area contributed by atoms with Gasteiger partial charge in [0.25, 0.3) is 0 Å². The molecule has 0 radical (unpaired) electrons. The lowest BCUT2D eigenvalue weighted by Gasteiger charge is -2.43. The average Bonchev–Trinajstić information content (AvgIpc) is 3.57. The summed E-state index contributed by atoms with van der Waals surface area (Å²) in [6, 6.07) is 9.17. The summed E-state index contributed by atoms with van der Waals surface area (Å²) in [6.45, 7) is 15.1. The zero-order valence-corrected chi connectivity index (χ0v) is 29.3. The topological polar surface area (TPSA) is 48.0 Å². The fraction of sp³-hybridized carbons (Fsp3) is 0.711. The molecule has 2 aliphatic carbocycles. The molecule has 242 valence electrons. The molecule has 4 aliphatic rings. The smallest absolute Gasteiger partial charge is 0.326 e. The van der Waals surface area contributed by atoms with E-state index >= 15 is 0 Å². The van der Waals surface area contributed by atoms with Gasteiger partial charge in [-0.1, -0.05) is 90.4 Å². The maximum absolute atomic E-state index is 12.9. The number of hydrogen-bond acceptors (Lipinski definition) is 5. The van der Waals surface area contributed by atoms with Gasteiger partial charge < -0.3 is 9.16 Å². The van der Waals surface area contributed by atoms with Gasteiger partial charge in [0, 0.05) is 5.56 Å². The van der Waals surface area contributed by atoms with Crippen LogP contribution in [-0.2, 0) is 25.3 Å². The summed E-state index contributed by atoms with van der Waals surface area (Å²) >= 11 is 0. The van der Waals surface area contributed by atoms with Crippen LogP contribution >= 0.6 is 0 Å². The van der Waals surface area contributed by atoms with E-state index < -0.39 is 8.32 Å². The van der Waals surface area contributed by atoms with Gasteiger partial charge in [-0.3, -0.25) is 9.63 Å². The lowest BCUT2D eigenvalue weighted by Crippen LogP contribution is -2.50. The summed E-state index contributed by atoms with van der Waals surface area (Å²) < 4.78 is 12.9. The van der Waals surface area contributed by atoms with Crippen LogP contribution in [0.15, 0.2) is 35.9 Å². The molecule has 5 rings (SSSR count). The number of ether oxygens (including phenoxy) is 1. The molecule has 0 spiro atoms. The molecular weight excluding hydrogens is 563 g/mol. The third-order valence-electron chi connectivity index (χ3n) is 11.2. The molecule has 4 atom stereocenters. The number of allylic oxidation sites excluding steroid dienone is 2. The fourth-order valence-corrected chi connectivity index (χ4v) is 13.1. The highest BCUT2D eigenvalue weighted by molar-refractivity contribution is 6.76. The number of benzene rings is 1. The quantitative estimate of drug-likeness (QED) is 0.140. The molecule has 0 aromatic heterocycles. The van der Waals surface area contributed by atoms with Crippen molar-refractivity contribution in [1.29, 1.82) is 0 Å². The van der Waals surface area contributed by atoms with Crippen molar-refractivity contribution in [2.24, 2.45) is 11.3 Å². The lowest BCUT2D eigenvalue weighted by atomic mass is 9.73. The standard InChI is InChI=1S/C38H57NO4Si/c1-28(2)44(29(3)4,25-13-24-38(6)22-11-8-12-23-38)43-30(5)36-34-27-41-37(40)35(34)39(42-36)26-33-20-18-32(19-21-33)17-16-31-14-9-7-10-15-31/h14,18-21,28-30,34-36H,7-13,15,22-27H2,1-6H3/t30-,34-,35-,36+/m1/s1. The Labute approximate surface area is 268 Å². The van der Waals surface area contributed by atoms with Crippen LogP contribution in [0.25, 0.3) is 0 Å². The Morgan fingerprint density at radius 3 is 2.39 bits per heavy atom. The zero-order valence-electron chi connectivity index (χ0n) is 28.3. The van der Waals surface area contributed by atoms with Crippen molar-refractivity contribution in [2.45, 2.75) is 154 Å². The number of cyclic esters (lactones) is 1. The van der Waals surface area contributed by atoms with Crippen LogP contribution in [0.3, 0.4) is 0 Å². The Balaban J connectivity index is 1.25. The van der Waals surface area contributed by atoms with Gasteiger partial charge in [-0.2, -0.15) is 5.06 Å². The van der Waals surface area contributed by atoms with Crippen molar-refractivity contribution in [3.8, 4) is 11.8 Å². The number of carbonyl (C=O) groups excluding carboxylic acids is 1. The molecule has 0 N–H and O–H groups in total. The van der Waals surface area contributed by atoms with Crippen LogP contribution in [0.4, 0.5) is 0 Å². The second kappa shape index (κ2) is 14.7. The van der Waals surface area contributed by atoms with Gasteiger partial charge in [0.1, 0.15) is 12.1 Å². The fourth-order valence-electron chi connectivity index (χ4n) is 8.42. The number of hydroxylamine groups is 2. The molecule has 6 heteroatoms. The third-order valence-corrected chi connectivity index (χ3v) is 17.1. The Kier molecular flexibility index (Phi) is 11.2. The van der Waals surface area contributed by atoms with Crippen LogP contribution in [0.5, 0.6) is 0 Å². The predicted octanol–water partition coefficient (Wildman–Crippen LogP) is 9.12. The van der Waals surface area contributed by atoms with E-state index in [9.17, 15) is 4.79 Å². The predicted molar refractivity (Wildman–Crippen MR) is 180 cm³/mol. The minimum Gasteiger partial charge on any atom is -0.464 e. The number of rotatable bonds is 11. The van der Waals surface area contributed by atoms with E-state index in [-0.39, 0.29) is 30.1 Å². The first-order valence-electron chi connectivity index (χ1n) is 17.7. The Morgan fingerprint density at radius 1 is 1.00 bits per heavy atom. The second-order valence-corrected chi connectivity index (χ2v) is 20.1. The molecular formula is C38H57NO4Si. The van der Waals surface area contributed by atoms with Crippen molar-refractivity contribution in [3.05, 3.63) is 47.0 Å². The summed E-state index contributed by atoms with van der Waals surface area (Å²) in [5.41, 5.74) is 4.90. The molecule has 1 saturated carbocycles. The first-order chi connectivity index (χ1) is 21.1. The Bertz CT molecular complexity index is 1200. The van der Waals surface area contributed by atoms with Crippen molar-refractivity contribution in [3.63, 3.8) is 0 Å². The minimum absolute atomic E-state index is 0.0152. The number of nitrogens with zero attached hydrogens (tertiary/aromatic N) is 1. The molecule has 44 heavy (non-hydrogen) atoms. The Hall–Kier alpha value is -1.91. The van der Waals surface area contributed by atoms with Crippen LogP contribution in [0, 0.1) is 23.2 Å². The molecule has 0 amide bonds. The first kappa shape index (κ1) is 33.5. The van der Waals surface area contributed by atoms with Crippen LogP contribution in [-0.4, -0.2) is 44.2 Å². The van der Waals surface area contributed by atoms with E-state index in [0.717, 1.165) is 24.0 Å². The van der Waals surface area contributed by atoms with Crippen LogP contribution in [0.1, 0.15) is 123 Å². The van der Waals surface area contributed by atoms with Gasteiger partial charge in [0.05, 0.1) is 25.2 Å². The van der Waals surface area contributed by atoms with Gasteiger partial charge in [-0.05, 0) is 97.7 Å². The average molecular weight is 620 g/mol. The molecule has 5 nitrogen and oxygen atoms in total. The molecule has 2 saturated heterocycles. The van der Waals surface area contributed by atoms with E-state index in [2.05, 4.69) is 83.7 Å². The van der Waals surface area contributed by atoms with Crippen molar-refractivity contribution >= 4 is 14.3 Å². The summed E-state index contributed by atoms with van der Waals surface area (Å²) in [5, 5.41) is 1.87. The van der Waals surface area contributed by atoms with E-state index in [0.29, 0.717) is 29.6 Å². The van der Waals surface area contributed by atoms with Crippen LogP contribution < -0.4 is 0 Å². The molecule has 3 fully saturated rings. The van der Waals surface area contributed by atoms with E-state index in [1.807, 2.05) is 5.06 Å². The van der Waals surface area contributed by atoms with E-state index in [1.54, 1.807) is 0 Å². The third kappa shape index (κ3) is 7.72. The van der Waals surface area contributed by atoms with E-state index in [1.165, 1.54) is 69.4 Å². The normalized spacial score (nSPS) is 26.2. The van der Waals surface area contributed by atoms with Crippen molar-refractivity contribution in [1.82, 2.24) is 5.06 Å². The van der Waals surface area contributed by atoms with Crippen molar-refractivity contribution < 1.29 is 18.8 Å². The molecule has 0 unspecified atom stereocenters. The monoisotopic (exact) mass is 619 g/mol. The van der Waals surface area contributed by atoms with Gasteiger partial charge in [0.2, 0.25) is 0 Å². The summed E-state index contributed by atoms with van der Waals surface area (Å²) in [7, 11) is -2.12. The molecule has 1 aromatic carbocycles. The first-order valence-corrected chi connectivity index (χ1v) is 20.0. The maximum atomic E-state index is 12.9. The maximum Gasteiger partial charge on any atom is 0.326 e. The van der Waals surface area contributed by atoms with Gasteiger partial charge in [-0.25, -0.2) is 0 Å². The van der Waals surface area contributed by atoms with Crippen molar-refractivity contribution in [2.75, 3.05) is 6.61 Å². The minimum atomic E-state index is -2.12. The van der Waals surface area contributed by atoms with Gasteiger partial charge >= 0.3 is 5.97 Å². The van der Waals surface area contributed by atoms with Gasteiger partial charge in [-0.15, -0.1) is 0 Å². The summed E-state index contributed by atoms with van der Waals surface area (Å²) in [4.78, 5) is 19.6. The Morgan fingerprint density at radius 2 is 1.73 bits per heavy atom. The largest absolute Gasteiger partial charge is 0.464 e. The van der Waals surface area contributed by atoms with E-state index in [4.69, 9.17) is 14.0 Å². The molecule has 0 bridgehead atoms. The lowest BCUT2D eigenvalue weighted by molar-refractivity contribution is -0.200. The summed E-state index contributed by atoms with van der Waals surface area (Å²) in [6.07, 6.45) is 16.2. The van der Waals surface area contributed by atoms with Crippen LogP contribution in [0.2, 0.25) is 17.1 Å². The highest BCUT2D eigenvalue weighted by atomic mass is 28.4. The highest BCUT2D eigenvalue weighted by Gasteiger charge is 2.56. The number of carbonyl (C=O) groups is 1. The zero-order chi connectivity index (χ0) is 31.3. The highest BCUT2D eigenvalue weighted by Crippen LogP contribution is 2.45. The number of hydrogen-bond donors (Lipinski definition) is 0. The SMILES string of the molecule is CC(C)[Si](CCCC1(C)CCCCC1)(O[C@H](C)[C@@H]1ON(Cc2ccc(C#CC3=CCCCC3)cc2)[C@H]2C(=O)OC[C@@H]12)C(C)C.